The van der Waals surface area contributed by atoms with Crippen LogP contribution in [0, 0.1) is 0 Å². The van der Waals surface area contributed by atoms with Gasteiger partial charge in [-0.2, -0.15) is 22.0 Å². The summed E-state index contributed by atoms with van der Waals surface area (Å²) in [5.74, 6) is -5.02. The molecule has 0 N–H and O–H groups in total. The number of phosphoric acid groups is 1. The zero-order valence-corrected chi connectivity index (χ0v) is 11.3. The summed E-state index contributed by atoms with van der Waals surface area (Å²) in [4.78, 5) is 11.1. The summed E-state index contributed by atoms with van der Waals surface area (Å²) in [6, 6.07) is 0. The molecule has 0 aromatic heterocycles. The molecule has 4 nitrogen and oxygen atoms in total. The van der Waals surface area contributed by atoms with Crippen molar-refractivity contribution in [2.24, 2.45) is 0 Å². The van der Waals surface area contributed by atoms with Gasteiger partial charge >= 0.3 is 12.1 Å². The van der Waals surface area contributed by atoms with Crippen molar-refractivity contribution in [3.63, 3.8) is 0 Å². The molecule has 2 atom stereocenters. The average molecular weight is 313 g/mol. The van der Waals surface area contributed by atoms with E-state index in [4.69, 9.17) is 0 Å². The van der Waals surface area contributed by atoms with Crippen LogP contribution >= 0.6 is 7.82 Å². The van der Waals surface area contributed by atoms with Crippen molar-refractivity contribution < 1.29 is 40.5 Å². The Kier molecular flexibility index (Phi) is 6.88. The minimum atomic E-state index is -5.75. The second-order valence-electron chi connectivity index (χ2n) is 3.96. The van der Waals surface area contributed by atoms with E-state index in [-0.39, 0.29) is 6.61 Å². The molecule has 0 fully saturated rings. The molecule has 0 saturated carbocycles. The summed E-state index contributed by atoms with van der Waals surface area (Å²) in [6.45, 7) is 2.35. The number of alkyl halides is 5. The van der Waals surface area contributed by atoms with Crippen molar-refractivity contribution in [3.8, 4) is 0 Å². The summed E-state index contributed by atoms with van der Waals surface area (Å²) in [7, 11) is -4.87. The Morgan fingerprint density at radius 1 is 1.26 bits per heavy atom. The highest BCUT2D eigenvalue weighted by molar-refractivity contribution is 7.45. The van der Waals surface area contributed by atoms with Crippen LogP contribution in [0.25, 0.3) is 0 Å². The first-order valence-electron chi connectivity index (χ1n) is 5.50. The Hall–Kier alpha value is -0.240. The van der Waals surface area contributed by atoms with Crippen LogP contribution in [0.15, 0.2) is 0 Å². The molecular weight excluding hydrogens is 298 g/mol. The van der Waals surface area contributed by atoms with E-state index >= 15 is 0 Å². The highest BCUT2D eigenvalue weighted by atomic mass is 31.2. The number of hydrogen-bond acceptors (Lipinski definition) is 4. The summed E-state index contributed by atoms with van der Waals surface area (Å²) in [6.07, 6.45) is -8.37. The molecule has 0 rings (SSSR count). The monoisotopic (exact) mass is 313 g/mol. The van der Waals surface area contributed by atoms with Crippen LogP contribution in [0.5, 0.6) is 0 Å². The third-order valence-corrected chi connectivity index (χ3v) is 3.13. The number of rotatable bonds is 8. The lowest BCUT2D eigenvalue weighted by atomic mass is 10.1. The Labute approximate surface area is 107 Å². The third-order valence-electron chi connectivity index (χ3n) is 2.01. The van der Waals surface area contributed by atoms with Gasteiger partial charge in [-0.25, -0.2) is 0 Å². The van der Waals surface area contributed by atoms with Gasteiger partial charge in [0.25, 0.3) is 7.82 Å². The first-order valence-corrected chi connectivity index (χ1v) is 6.96. The van der Waals surface area contributed by atoms with Crippen LogP contribution in [0.2, 0.25) is 0 Å². The van der Waals surface area contributed by atoms with Gasteiger partial charge in [-0.3, -0.25) is 4.57 Å². The van der Waals surface area contributed by atoms with Crippen LogP contribution in [0.3, 0.4) is 0 Å². The summed E-state index contributed by atoms with van der Waals surface area (Å²) >= 11 is 0. The van der Waals surface area contributed by atoms with Gasteiger partial charge in [0.2, 0.25) is 0 Å². The first-order chi connectivity index (χ1) is 8.41. The number of hydrogen-bond donors (Lipinski definition) is 0. The SMILES string of the molecule is CCCCOP(=O)([O-])OC(C)CC(F)(F)C(F)(F)F. The predicted molar refractivity (Wildman–Crippen MR) is 54.6 cm³/mol. The molecule has 19 heavy (non-hydrogen) atoms. The fourth-order valence-corrected chi connectivity index (χ4v) is 2.01. The quantitative estimate of drug-likeness (QED) is 0.392. The highest BCUT2D eigenvalue weighted by Crippen LogP contribution is 2.44. The van der Waals surface area contributed by atoms with Gasteiger partial charge in [-0.1, -0.05) is 13.3 Å². The summed E-state index contributed by atoms with van der Waals surface area (Å²) in [5, 5.41) is 0. The zero-order chi connectivity index (χ0) is 15.3. The summed E-state index contributed by atoms with van der Waals surface area (Å²) in [5.41, 5.74) is 0. The first kappa shape index (κ1) is 18.8. The molecule has 10 heteroatoms. The molecule has 0 bridgehead atoms. The zero-order valence-electron chi connectivity index (χ0n) is 10.4. The lowest BCUT2D eigenvalue weighted by Gasteiger charge is -2.28. The van der Waals surface area contributed by atoms with Crippen LogP contribution < -0.4 is 4.89 Å². The molecule has 2 unspecified atom stereocenters. The van der Waals surface area contributed by atoms with Crippen molar-refractivity contribution in [3.05, 3.63) is 0 Å². The lowest BCUT2D eigenvalue weighted by molar-refractivity contribution is -0.291. The second-order valence-corrected chi connectivity index (χ2v) is 5.32. The molecule has 0 aliphatic rings. The predicted octanol–water partition coefficient (Wildman–Crippen LogP) is 3.26. The second kappa shape index (κ2) is 6.97. The number of halogens is 5. The smallest absolute Gasteiger partial charge is 0.453 e. The van der Waals surface area contributed by atoms with Crippen molar-refractivity contribution in [2.75, 3.05) is 6.61 Å². The maximum Gasteiger partial charge on any atom is 0.453 e. The van der Waals surface area contributed by atoms with E-state index < -0.39 is 32.4 Å². The molecular formula is C9H15F5O4P-. The van der Waals surface area contributed by atoms with Gasteiger partial charge in [0.1, 0.15) is 0 Å². The van der Waals surface area contributed by atoms with Gasteiger partial charge < -0.3 is 13.9 Å². The molecule has 0 heterocycles. The molecule has 0 amide bonds. The van der Waals surface area contributed by atoms with Gasteiger partial charge in [0.15, 0.2) is 0 Å². The lowest BCUT2D eigenvalue weighted by Crippen LogP contribution is -2.39. The Bertz CT molecular complexity index is 320. The van der Waals surface area contributed by atoms with Crippen molar-refractivity contribution >= 4 is 7.82 Å². The Morgan fingerprint density at radius 3 is 2.21 bits per heavy atom. The fourth-order valence-electron chi connectivity index (χ4n) is 1.09. The largest absolute Gasteiger partial charge is 0.756 e. The highest BCUT2D eigenvalue weighted by Gasteiger charge is 2.57. The molecule has 0 saturated heterocycles. The molecule has 0 aliphatic carbocycles. The maximum atomic E-state index is 12.6. The van der Waals surface area contributed by atoms with Gasteiger partial charge in [-0.05, 0) is 13.3 Å². The fraction of sp³-hybridized carbons (Fsp3) is 1.00. The van der Waals surface area contributed by atoms with Crippen molar-refractivity contribution in [2.45, 2.75) is 51.3 Å². The van der Waals surface area contributed by atoms with Crippen LogP contribution in [-0.4, -0.2) is 24.8 Å². The van der Waals surface area contributed by atoms with E-state index in [2.05, 4.69) is 9.05 Å². The average Bonchev–Trinajstić information content (AvgIpc) is 2.13. The number of phosphoric ester groups is 1. The topological polar surface area (TPSA) is 58.6 Å². The van der Waals surface area contributed by atoms with E-state index in [0.29, 0.717) is 12.8 Å². The Morgan fingerprint density at radius 2 is 1.79 bits per heavy atom. The minimum absolute atomic E-state index is 0.209. The van der Waals surface area contributed by atoms with Crippen LogP contribution in [0.4, 0.5) is 22.0 Å². The normalized spacial score (nSPS) is 18.1. The van der Waals surface area contributed by atoms with E-state index in [9.17, 15) is 31.4 Å². The van der Waals surface area contributed by atoms with Gasteiger partial charge in [-0.15, -0.1) is 0 Å². The third kappa shape index (κ3) is 7.20. The van der Waals surface area contributed by atoms with Crippen molar-refractivity contribution in [1.29, 1.82) is 0 Å². The van der Waals surface area contributed by atoms with E-state index in [1.807, 2.05) is 0 Å². The molecule has 0 aromatic rings. The molecule has 0 radical (unpaired) electrons. The molecule has 0 spiro atoms. The standard InChI is InChI=1S/C9H16F5O4P/c1-3-4-5-17-19(15,16)18-7(2)6-8(10,11)9(12,13)14/h7H,3-6H2,1-2H3,(H,15,16)/p-1. The van der Waals surface area contributed by atoms with Crippen LogP contribution in [0.1, 0.15) is 33.1 Å². The van der Waals surface area contributed by atoms with E-state index in [0.717, 1.165) is 6.92 Å². The Balaban J connectivity index is 4.38. The van der Waals surface area contributed by atoms with E-state index in [1.54, 1.807) is 6.92 Å². The molecule has 0 aromatic carbocycles. The minimum Gasteiger partial charge on any atom is -0.756 e. The van der Waals surface area contributed by atoms with Gasteiger partial charge in [0, 0.05) is 6.42 Å². The van der Waals surface area contributed by atoms with E-state index in [1.165, 1.54) is 0 Å². The molecule has 0 aliphatic heterocycles. The number of unbranched alkanes of at least 4 members (excludes halogenated alkanes) is 1. The van der Waals surface area contributed by atoms with Crippen molar-refractivity contribution in [1.82, 2.24) is 0 Å². The maximum absolute atomic E-state index is 12.6. The van der Waals surface area contributed by atoms with Crippen LogP contribution in [-0.2, 0) is 13.6 Å². The molecule has 116 valence electrons. The summed E-state index contributed by atoms with van der Waals surface area (Å²) < 4.78 is 80.4. The van der Waals surface area contributed by atoms with Gasteiger partial charge in [0.05, 0.1) is 12.7 Å².